The normalized spacial score (nSPS) is 12.1. The molecule has 3 rings (SSSR count). The Bertz CT molecular complexity index is 915. The van der Waals surface area contributed by atoms with Crippen LogP contribution in [-0.4, -0.2) is 44.2 Å². The van der Waals surface area contributed by atoms with Gasteiger partial charge in [0.2, 0.25) is 9.84 Å². The van der Waals surface area contributed by atoms with Crippen LogP contribution in [-0.2, 0) is 16.3 Å². The number of nitrogens with zero attached hydrogens (tertiary/aromatic N) is 2. The molecular formula is C17H19N3O2S. The van der Waals surface area contributed by atoms with Gasteiger partial charge in [-0.2, -0.15) is 5.10 Å². The molecule has 1 N–H and O–H groups in total. The molecule has 120 valence electrons. The molecular weight excluding hydrogens is 310 g/mol. The van der Waals surface area contributed by atoms with Gasteiger partial charge in [-0.1, -0.05) is 30.3 Å². The maximum atomic E-state index is 12.8. The van der Waals surface area contributed by atoms with Gasteiger partial charge in [0.25, 0.3) is 0 Å². The Morgan fingerprint density at radius 2 is 1.78 bits per heavy atom. The molecule has 0 unspecified atom stereocenters. The van der Waals surface area contributed by atoms with E-state index in [0.717, 1.165) is 24.0 Å². The average molecular weight is 329 g/mol. The number of benzene rings is 2. The minimum Gasteiger partial charge on any atom is -0.309 e. The van der Waals surface area contributed by atoms with Gasteiger partial charge in [0, 0.05) is 11.9 Å². The Morgan fingerprint density at radius 3 is 2.48 bits per heavy atom. The largest absolute Gasteiger partial charge is 0.309 e. The summed E-state index contributed by atoms with van der Waals surface area (Å²) in [6.45, 7) is 0.888. The molecule has 0 aliphatic carbocycles. The highest BCUT2D eigenvalue weighted by molar-refractivity contribution is 7.91. The fourth-order valence-electron chi connectivity index (χ4n) is 2.55. The summed E-state index contributed by atoms with van der Waals surface area (Å²) in [6.07, 6.45) is 0.831. The minimum atomic E-state index is -3.62. The molecule has 1 heterocycles. The first-order valence-corrected chi connectivity index (χ1v) is 8.89. The summed E-state index contributed by atoms with van der Waals surface area (Å²) in [5.41, 5.74) is 1.86. The number of fused-ring (bicyclic) bond motifs is 1. The first-order valence-electron chi connectivity index (χ1n) is 7.41. The predicted octanol–water partition coefficient (Wildman–Crippen LogP) is 2.50. The molecule has 0 amide bonds. The number of H-pyrrole nitrogens is 1. The van der Waals surface area contributed by atoms with Crippen LogP contribution >= 0.6 is 0 Å². The Hall–Kier alpha value is -2.18. The van der Waals surface area contributed by atoms with E-state index < -0.39 is 9.84 Å². The molecule has 1 aromatic heterocycles. The van der Waals surface area contributed by atoms with E-state index in [0.29, 0.717) is 5.39 Å². The molecule has 3 aromatic rings. The molecule has 23 heavy (non-hydrogen) atoms. The van der Waals surface area contributed by atoms with Crippen molar-refractivity contribution < 1.29 is 8.42 Å². The van der Waals surface area contributed by atoms with Gasteiger partial charge in [-0.15, -0.1) is 0 Å². The van der Waals surface area contributed by atoms with Gasteiger partial charge in [-0.25, -0.2) is 8.42 Å². The Labute approximate surface area is 135 Å². The zero-order valence-corrected chi connectivity index (χ0v) is 14.0. The van der Waals surface area contributed by atoms with Crippen LogP contribution in [0.15, 0.2) is 58.5 Å². The van der Waals surface area contributed by atoms with Crippen LogP contribution < -0.4 is 0 Å². The molecule has 0 radical (unpaired) electrons. The van der Waals surface area contributed by atoms with Gasteiger partial charge in [0.1, 0.15) is 0 Å². The SMILES string of the molecule is CN(C)CCc1cccc2c(S(=O)(=O)c3ccccc3)n[nH]c12. The van der Waals surface area contributed by atoms with Gasteiger partial charge in [-0.05, 0) is 44.3 Å². The Kier molecular flexibility index (Phi) is 4.19. The first-order chi connectivity index (χ1) is 11.0. The summed E-state index contributed by atoms with van der Waals surface area (Å²) >= 11 is 0. The van der Waals surface area contributed by atoms with E-state index in [4.69, 9.17) is 0 Å². The number of aromatic nitrogens is 2. The van der Waals surface area contributed by atoms with Crippen LogP contribution in [0.1, 0.15) is 5.56 Å². The van der Waals surface area contributed by atoms with Gasteiger partial charge >= 0.3 is 0 Å². The summed E-state index contributed by atoms with van der Waals surface area (Å²) in [4.78, 5) is 2.35. The van der Waals surface area contributed by atoms with Gasteiger partial charge in [0.15, 0.2) is 5.03 Å². The summed E-state index contributed by atoms with van der Waals surface area (Å²) in [7, 11) is 0.402. The summed E-state index contributed by atoms with van der Waals surface area (Å²) < 4.78 is 25.6. The van der Waals surface area contributed by atoms with E-state index in [1.807, 2.05) is 26.2 Å². The number of nitrogens with one attached hydrogen (secondary N) is 1. The number of hydrogen-bond acceptors (Lipinski definition) is 4. The number of para-hydroxylation sites is 1. The third-order valence-corrected chi connectivity index (χ3v) is 5.50. The third-order valence-electron chi connectivity index (χ3n) is 3.79. The van der Waals surface area contributed by atoms with E-state index in [1.54, 1.807) is 36.4 Å². The van der Waals surface area contributed by atoms with Crippen molar-refractivity contribution in [3.63, 3.8) is 0 Å². The van der Waals surface area contributed by atoms with Crippen LogP contribution in [0, 0.1) is 0 Å². The van der Waals surface area contributed by atoms with Gasteiger partial charge in [0.05, 0.1) is 10.4 Å². The van der Waals surface area contributed by atoms with Crippen molar-refractivity contribution in [2.24, 2.45) is 0 Å². The standard InChI is InChI=1S/C17H19N3O2S/c1-20(2)12-11-13-7-6-10-15-16(13)18-19-17(15)23(21,22)14-8-4-3-5-9-14/h3-10H,11-12H2,1-2H3,(H,18,19). The number of likely N-dealkylation sites (N-methyl/N-ethyl adjacent to an activating group) is 1. The topological polar surface area (TPSA) is 66.1 Å². The lowest BCUT2D eigenvalue weighted by molar-refractivity contribution is 0.414. The lowest BCUT2D eigenvalue weighted by atomic mass is 10.1. The third kappa shape index (κ3) is 3.00. The summed E-state index contributed by atoms with van der Waals surface area (Å²) in [5.74, 6) is 0. The molecule has 0 atom stereocenters. The zero-order valence-electron chi connectivity index (χ0n) is 13.2. The maximum Gasteiger partial charge on any atom is 0.226 e. The molecule has 6 heteroatoms. The van der Waals surface area contributed by atoms with E-state index in [1.165, 1.54) is 0 Å². The van der Waals surface area contributed by atoms with Crippen molar-refractivity contribution in [3.8, 4) is 0 Å². The highest BCUT2D eigenvalue weighted by Gasteiger charge is 2.24. The first kappa shape index (κ1) is 15.7. The van der Waals surface area contributed by atoms with E-state index in [9.17, 15) is 8.42 Å². The molecule has 0 aliphatic heterocycles. The van der Waals surface area contributed by atoms with Gasteiger partial charge in [-0.3, -0.25) is 5.10 Å². The lowest BCUT2D eigenvalue weighted by Gasteiger charge is -2.09. The molecule has 0 aliphatic rings. The highest BCUT2D eigenvalue weighted by atomic mass is 32.2. The zero-order chi connectivity index (χ0) is 16.4. The quantitative estimate of drug-likeness (QED) is 0.781. The molecule has 0 saturated heterocycles. The van der Waals surface area contributed by atoms with E-state index in [2.05, 4.69) is 15.1 Å². The molecule has 0 spiro atoms. The maximum absolute atomic E-state index is 12.8. The number of rotatable bonds is 5. The average Bonchev–Trinajstić information content (AvgIpc) is 2.99. The molecule has 2 aromatic carbocycles. The second-order valence-electron chi connectivity index (χ2n) is 5.74. The van der Waals surface area contributed by atoms with Crippen LogP contribution in [0.4, 0.5) is 0 Å². The van der Waals surface area contributed by atoms with E-state index in [-0.39, 0.29) is 9.92 Å². The van der Waals surface area contributed by atoms with Crippen molar-refractivity contribution in [1.82, 2.24) is 15.1 Å². The van der Waals surface area contributed by atoms with Gasteiger partial charge < -0.3 is 4.90 Å². The second-order valence-corrected chi connectivity index (χ2v) is 7.60. The predicted molar refractivity (Wildman–Crippen MR) is 90.2 cm³/mol. The van der Waals surface area contributed by atoms with Crippen molar-refractivity contribution in [1.29, 1.82) is 0 Å². The van der Waals surface area contributed by atoms with Crippen molar-refractivity contribution in [2.45, 2.75) is 16.3 Å². The number of aromatic amines is 1. The smallest absolute Gasteiger partial charge is 0.226 e. The molecule has 0 fully saturated rings. The van der Waals surface area contributed by atoms with Crippen LogP contribution in [0.2, 0.25) is 0 Å². The van der Waals surface area contributed by atoms with Crippen LogP contribution in [0.5, 0.6) is 0 Å². The fraction of sp³-hybridized carbons (Fsp3) is 0.235. The Balaban J connectivity index is 2.09. The number of sulfone groups is 1. The molecule has 5 nitrogen and oxygen atoms in total. The van der Waals surface area contributed by atoms with Crippen LogP contribution in [0.3, 0.4) is 0 Å². The van der Waals surface area contributed by atoms with Crippen molar-refractivity contribution in [3.05, 3.63) is 54.1 Å². The molecule has 0 bridgehead atoms. The van der Waals surface area contributed by atoms with Crippen molar-refractivity contribution >= 4 is 20.7 Å². The minimum absolute atomic E-state index is 0.0883. The second kappa shape index (κ2) is 6.14. The molecule has 0 saturated carbocycles. The summed E-state index contributed by atoms with van der Waals surface area (Å²) in [6, 6.07) is 14.1. The van der Waals surface area contributed by atoms with Crippen LogP contribution in [0.25, 0.3) is 10.9 Å². The monoisotopic (exact) mass is 329 g/mol. The lowest BCUT2D eigenvalue weighted by Crippen LogP contribution is -2.15. The summed E-state index contributed by atoms with van der Waals surface area (Å²) in [5, 5.41) is 7.75. The fourth-order valence-corrected chi connectivity index (χ4v) is 3.91. The highest BCUT2D eigenvalue weighted by Crippen LogP contribution is 2.28. The number of hydrogen-bond donors (Lipinski definition) is 1. The van der Waals surface area contributed by atoms with Crippen molar-refractivity contribution in [2.75, 3.05) is 20.6 Å². The Morgan fingerprint density at radius 1 is 1.04 bits per heavy atom. The van der Waals surface area contributed by atoms with E-state index >= 15 is 0 Å².